The number of aliphatic hydroxyl groups is 1. The van der Waals surface area contributed by atoms with Gasteiger partial charge in [0.05, 0.1) is 6.10 Å². The standard InChI is InChI=1S/C14H19BrO/c1-2-8-14(9-3-10-14)13(16)11-4-6-12(15)7-5-11/h4-7,13,16H,2-3,8-10H2,1H3. The van der Waals surface area contributed by atoms with Crippen LogP contribution >= 0.6 is 15.9 Å². The normalized spacial score (nSPS) is 20.2. The minimum Gasteiger partial charge on any atom is -0.388 e. The van der Waals surface area contributed by atoms with Crippen LogP contribution in [-0.2, 0) is 0 Å². The smallest absolute Gasteiger partial charge is 0.0846 e. The third kappa shape index (κ3) is 2.18. The Bertz CT molecular complexity index is 340. The van der Waals surface area contributed by atoms with Gasteiger partial charge in [-0.1, -0.05) is 47.8 Å². The van der Waals surface area contributed by atoms with Crippen molar-refractivity contribution in [2.24, 2.45) is 5.41 Å². The van der Waals surface area contributed by atoms with Gasteiger partial charge in [-0.15, -0.1) is 0 Å². The van der Waals surface area contributed by atoms with Crippen LogP contribution in [0, 0.1) is 5.41 Å². The van der Waals surface area contributed by atoms with Gasteiger partial charge in [0.25, 0.3) is 0 Å². The lowest BCUT2D eigenvalue weighted by atomic mass is 9.61. The molecule has 1 aromatic rings. The Balaban J connectivity index is 2.16. The number of hydrogen-bond donors (Lipinski definition) is 1. The minimum absolute atomic E-state index is 0.169. The van der Waals surface area contributed by atoms with Gasteiger partial charge in [-0.2, -0.15) is 0 Å². The number of rotatable bonds is 4. The van der Waals surface area contributed by atoms with Crippen LogP contribution < -0.4 is 0 Å². The molecular weight excluding hydrogens is 264 g/mol. The summed E-state index contributed by atoms with van der Waals surface area (Å²) >= 11 is 3.43. The summed E-state index contributed by atoms with van der Waals surface area (Å²) in [4.78, 5) is 0. The molecule has 1 aliphatic rings. The fraction of sp³-hybridized carbons (Fsp3) is 0.571. The molecule has 2 rings (SSSR count). The first-order valence-electron chi connectivity index (χ1n) is 6.11. The van der Waals surface area contributed by atoms with E-state index in [0.717, 1.165) is 22.9 Å². The van der Waals surface area contributed by atoms with Gasteiger partial charge < -0.3 is 5.11 Å². The van der Waals surface area contributed by atoms with Crippen molar-refractivity contribution in [2.45, 2.75) is 45.1 Å². The van der Waals surface area contributed by atoms with Crippen LogP contribution in [0.15, 0.2) is 28.7 Å². The van der Waals surface area contributed by atoms with Crippen LogP contribution in [0.2, 0.25) is 0 Å². The average molecular weight is 283 g/mol. The predicted molar refractivity (Wildman–Crippen MR) is 70.3 cm³/mol. The van der Waals surface area contributed by atoms with Gasteiger partial charge in [0.2, 0.25) is 0 Å². The molecule has 1 saturated carbocycles. The van der Waals surface area contributed by atoms with Crippen molar-refractivity contribution >= 4 is 15.9 Å². The van der Waals surface area contributed by atoms with Crippen LogP contribution in [0.1, 0.15) is 50.7 Å². The van der Waals surface area contributed by atoms with E-state index >= 15 is 0 Å². The SMILES string of the molecule is CCCC1(C(O)c2ccc(Br)cc2)CCC1. The molecule has 0 radical (unpaired) electrons. The molecule has 1 atom stereocenters. The maximum Gasteiger partial charge on any atom is 0.0846 e. The van der Waals surface area contributed by atoms with Crippen molar-refractivity contribution in [3.63, 3.8) is 0 Å². The van der Waals surface area contributed by atoms with Gasteiger partial charge in [-0.25, -0.2) is 0 Å². The van der Waals surface area contributed by atoms with E-state index in [4.69, 9.17) is 0 Å². The van der Waals surface area contributed by atoms with Gasteiger partial charge >= 0.3 is 0 Å². The third-order valence-corrected chi connectivity index (χ3v) is 4.39. The van der Waals surface area contributed by atoms with Crippen LogP contribution in [0.5, 0.6) is 0 Å². The molecule has 88 valence electrons. The molecule has 0 saturated heterocycles. The fourth-order valence-corrected chi connectivity index (χ4v) is 3.05. The predicted octanol–water partition coefficient (Wildman–Crippen LogP) is 4.45. The number of hydrogen-bond acceptors (Lipinski definition) is 1. The van der Waals surface area contributed by atoms with Crippen molar-refractivity contribution < 1.29 is 5.11 Å². The zero-order valence-corrected chi connectivity index (χ0v) is 11.3. The molecule has 1 nitrogen and oxygen atoms in total. The van der Waals surface area contributed by atoms with E-state index in [1.165, 1.54) is 19.3 Å². The Morgan fingerprint density at radius 1 is 1.31 bits per heavy atom. The summed E-state index contributed by atoms with van der Waals surface area (Å²) in [5.41, 5.74) is 1.24. The first kappa shape index (κ1) is 12.1. The van der Waals surface area contributed by atoms with Gasteiger partial charge in [-0.05, 0) is 37.0 Å². The Morgan fingerprint density at radius 2 is 1.94 bits per heavy atom. The summed E-state index contributed by atoms with van der Waals surface area (Å²) in [6, 6.07) is 8.09. The zero-order valence-electron chi connectivity index (χ0n) is 9.75. The first-order chi connectivity index (χ1) is 7.68. The topological polar surface area (TPSA) is 20.2 Å². The molecule has 0 aliphatic heterocycles. The quantitative estimate of drug-likeness (QED) is 0.865. The second-order valence-corrected chi connectivity index (χ2v) is 5.84. The van der Waals surface area contributed by atoms with Crippen molar-refractivity contribution in [2.75, 3.05) is 0 Å². The van der Waals surface area contributed by atoms with Crippen molar-refractivity contribution in [1.29, 1.82) is 0 Å². The number of aliphatic hydroxyl groups excluding tert-OH is 1. The third-order valence-electron chi connectivity index (χ3n) is 3.86. The molecule has 0 amide bonds. The highest BCUT2D eigenvalue weighted by atomic mass is 79.9. The Hall–Kier alpha value is -0.340. The molecule has 0 heterocycles. The maximum absolute atomic E-state index is 10.5. The summed E-state index contributed by atoms with van der Waals surface area (Å²) in [5.74, 6) is 0. The molecule has 1 unspecified atom stereocenters. The van der Waals surface area contributed by atoms with Crippen LogP contribution in [0.3, 0.4) is 0 Å². The van der Waals surface area contributed by atoms with Crippen LogP contribution in [-0.4, -0.2) is 5.11 Å². The van der Waals surface area contributed by atoms with Gasteiger partial charge in [0.15, 0.2) is 0 Å². The monoisotopic (exact) mass is 282 g/mol. The largest absolute Gasteiger partial charge is 0.388 e. The van der Waals surface area contributed by atoms with Gasteiger partial charge in [0.1, 0.15) is 0 Å². The molecular formula is C14H19BrO. The Kier molecular flexibility index (Phi) is 3.70. The molecule has 1 fully saturated rings. The van der Waals surface area contributed by atoms with Crippen molar-refractivity contribution in [1.82, 2.24) is 0 Å². The number of benzene rings is 1. The Morgan fingerprint density at radius 3 is 2.38 bits per heavy atom. The molecule has 16 heavy (non-hydrogen) atoms. The van der Waals surface area contributed by atoms with Crippen molar-refractivity contribution in [3.05, 3.63) is 34.3 Å². The fourth-order valence-electron chi connectivity index (χ4n) is 2.79. The van der Waals surface area contributed by atoms with Gasteiger partial charge in [-0.3, -0.25) is 0 Å². The zero-order chi connectivity index (χ0) is 11.6. The second kappa shape index (κ2) is 4.89. The highest BCUT2D eigenvalue weighted by Crippen LogP contribution is 2.53. The highest BCUT2D eigenvalue weighted by Gasteiger charge is 2.42. The maximum atomic E-state index is 10.5. The van der Waals surface area contributed by atoms with E-state index < -0.39 is 0 Å². The number of halogens is 1. The summed E-state index contributed by atoms with van der Waals surface area (Å²) < 4.78 is 1.07. The summed E-state index contributed by atoms with van der Waals surface area (Å²) in [6.07, 6.45) is 5.65. The lowest BCUT2D eigenvalue weighted by molar-refractivity contribution is -0.0440. The second-order valence-electron chi connectivity index (χ2n) is 4.92. The summed E-state index contributed by atoms with van der Waals surface area (Å²) in [5, 5.41) is 10.5. The van der Waals surface area contributed by atoms with Gasteiger partial charge in [0, 0.05) is 9.89 Å². The van der Waals surface area contributed by atoms with E-state index in [9.17, 15) is 5.11 Å². The van der Waals surface area contributed by atoms with Crippen LogP contribution in [0.25, 0.3) is 0 Å². The van der Waals surface area contributed by atoms with E-state index in [1.54, 1.807) is 0 Å². The van der Waals surface area contributed by atoms with E-state index in [0.29, 0.717) is 0 Å². The molecule has 1 aliphatic carbocycles. The average Bonchev–Trinajstić information content (AvgIpc) is 2.23. The molecule has 1 aromatic carbocycles. The summed E-state index contributed by atoms with van der Waals surface area (Å²) in [7, 11) is 0. The lowest BCUT2D eigenvalue weighted by Crippen LogP contribution is -2.35. The first-order valence-corrected chi connectivity index (χ1v) is 6.91. The van der Waals surface area contributed by atoms with Crippen LogP contribution in [0.4, 0.5) is 0 Å². The van der Waals surface area contributed by atoms with E-state index in [2.05, 4.69) is 22.9 Å². The molecule has 0 bridgehead atoms. The van der Waals surface area contributed by atoms with Crippen molar-refractivity contribution in [3.8, 4) is 0 Å². The Labute approximate surface area is 106 Å². The van der Waals surface area contributed by atoms with E-state index in [1.807, 2.05) is 24.3 Å². The summed E-state index contributed by atoms with van der Waals surface area (Å²) in [6.45, 7) is 2.20. The lowest BCUT2D eigenvalue weighted by Gasteiger charge is -2.46. The highest BCUT2D eigenvalue weighted by molar-refractivity contribution is 9.10. The molecule has 0 aromatic heterocycles. The van der Waals surface area contributed by atoms with E-state index in [-0.39, 0.29) is 11.5 Å². The molecule has 0 spiro atoms. The molecule has 1 N–H and O–H groups in total. The molecule has 2 heteroatoms. The minimum atomic E-state index is -0.283.